The first-order valence-corrected chi connectivity index (χ1v) is 6.16. The van der Waals surface area contributed by atoms with Crippen molar-refractivity contribution in [2.75, 3.05) is 0 Å². The van der Waals surface area contributed by atoms with E-state index >= 15 is 0 Å². The van der Waals surface area contributed by atoms with E-state index in [1.807, 2.05) is 0 Å². The van der Waals surface area contributed by atoms with Gasteiger partial charge in [-0.25, -0.2) is 4.79 Å². The molecule has 0 aliphatic carbocycles. The molecule has 0 aliphatic heterocycles. The summed E-state index contributed by atoms with van der Waals surface area (Å²) in [5, 5.41) is 18.1. The summed E-state index contributed by atoms with van der Waals surface area (Å²) in [5.74, 6) is -0.835. The van der Waals surface area contributed by atoms with Crippen LogP contribution in [0.2, 0.25) is 0 Å². The topological polar surface area (TPSA) is 57.5 Å². The van der Waals surface area contributed by atoms with Crippen LogP contribution in [0.1, 0.15) is 58.8 Å². The second-order valence-electron chi connectivity index (χ2n) is 4.27. The second-order valence-corrected chi connectivity index (χ2v) is 4.27. The maximum absolute atomic E-state index is 10.5. The average molecular weight is 228 g/mol. The molecule has 0 spiro atoms. The highest BCUT2D eigenvalue weighted by Gasteiger charge is 2.01. The molecule has 3 nitrogen and oxygen atoms in total. The number of rotatable bonds is 9. The molecule has 94 valence electrons. The standard InChI is InChI=1S/C13H24O3/c1-3-8-12(14)10-7-5-4-6-9-11(2)13(15)16/h9,12,14H,3-8,10H2,1-2H3,(H,15,16). The lowest BCUT2D eigenvalue weighted by Gasteiger charge is -2.07. The Labute approximate surface area is 98.2 Å². The molecule has 0 aromatic heterocycles. The fourth-order valence-corrected chi connectivity index (χ4v) is 1.58. The Bertz CT molecular complexity index is 221. The van der Waals surface area contributed by atoms with Crippen molar-refractivity contribution in [1.29, 1.82) is 0 Å². The lowest BCUT2D eigenvalue weighted by atomic mass is 10.1. The van der Waals surface area contributed by atoms with E-state index in [1.165, 1.54) is 0 Å². The van der Waals surface area contributed by atoms with Gasteiger partial charge in [0.15, 0.2) is 0 Å². The van der Waals surface area contributed by atoms with Gasteiger partial charge in [-0.1, -0.05) is 32.3 Å². The number of aliphatic carboxylic acids is 1. The summed E-state index contributed by atoms with van der Waals surface area (Å²) in [6, 6.07) is 0. The number of allylic oxidation sites excluding steroid dienone is 1. The van der Waals surface area contributed by atoms with Crippen LogP contribution in [0, 0.1) is 0 Å². The van der Waals surface area contributed by atoms with Gasteiger partial charge in [0.05, 0.1) is 6.10 Å². The predicted octanol–water partition coefficient (Wildman–Crippen LogP) is 3.13. The molecule has 0 aromatic carbocycles. The lowest BCUT2D eigenvalue weighted by Crippen LogP contribution is -2.04. The minimum Gasteiger partial charge on any atom is -0.478 e. The van der Waals surface area contributed by atoms with E-state index in [9.17, 15) is 9.90 Å². The van der Waals surface area contributed by atoms with Gasteiger partial charge in [0.1, 0.15) is 0 Å². The van der Waals surface area contributed by atoms with Crippen LogP contribution in [0.5, 0.6) is 0 Å². The third-order valence-corrected chi connectivity index (χ3v) is 2.65. The van der Waals surface area contributed by atoms with Crippen LogP contribution in [0.3, 0.4) is 0 Å². The molecule has 0 rings (SSSR count). The number of aliphatic hydroxyl groups excluding tert-OH is 1. The molecule has 0 aromatic rings. The summed E-state index contributed by atoms with van der Waals surface area (Å²) >= 11 is 0. The minimum atomic E-state index is -0.835. The van der Waals surface area contributed by atoms with Crippen LogP contribution >= 0.6 is 0 Å². The van der Waals surface area contributed by atoms with Gasteiger partial charge in [-0.05, 0) is 32.6 Å². The number of carbonyl (C=O) groups is 1. The number of carboxylic acids is 1. The fraction of sp³-hybridized carbons (Fsp3) is 0.769. The van der Waals surface area contributed by atoms with E-state index in [-0.39, 0.29) is 6.10 Å². The number of aliphatic hydroxyl groups is 1. The summed E-state index contributed by atoms with van der Waals surface area (Å²) in [6.07, 6.45) is 8.32. The van der Waals surface area contributed by atoms with Crippen LogP contribution in [-0.4, -0.2) is 22.3 Å². The number of carboxylic acid groups (broad SMARTS) is 1. The first-order valence-electron chi connectivity index (χ1n) is 6.16. The van der Waals surface area contributed by atoms with Crippen molar-refractivity contribution in [1.82, 2.24) is 0 Å². The molecule has 1 unspecified atom stereocenters. The summed E-state index contributed by atoms with van der Waals surface area (Å²) in [6.45, 7) is 3.69. The highest BCUT2D eigenvalue weighted by Crippen LogP contribution is 2.10. The zero-order chi connectivity index (χ0) is 12.4. The smallest absolute Gasteiger partial charge is 0.330 e. The van der Waals surface area contributed by atoms with E-state index in [0.29, 0.717) is 5.57 Å². The molecular weight excluding hydrogens is 204 g/mol. The molecule has 0 amide bonds. The monoisotopic (exact) mass is 228 g/mol. The van der Waals surface area contributed by atoms with E-state index in [2.05, 4.69) is 6.92 Å². The molecule has 16 heavy (non-hydrogen) atoms. The summed E-state index contributed by atoms with van der Waals surface area (Å²) in [5.41, 5.74) is 0.422. The lowest BCUT2D eigenvalue weighted by molar-refractivity contribution is -0.132. The molecule has 0 aliphatic rings. The maximum Gasteiger partial charge on any atom is 0.330 e. The molecule has 1 atom stereocenters. The number of unbranched alkanes of at least 4 members (excludes halogenated alkanes) is 3. The van der Waals surface area contributed by atoms with Crippen LogP contribution in [0.25, 0.3) is 0 Å². The third-order valence-electron chi connectivity index (χ3n) is 2.65. The molecule has 0 bridgehead atoms. The van der Waals surface area contributed by atoms with Gasteiger partial charge in [-0.2, -0.15) is 0 Å². The zero-order valence-corrected chi connectivity index (χ0v) is 10.4. The Morgan fingerprint density at radius 3 is 2.50 bits per heavy atom. The summed E-state index contributed by atoms with van der Waals surface area (Å²) in [7, 11) is 0. The average Bonchev–Trinajstić information content (AvgIpc) is 2.23. The Hall–Kier alpha value is -0.830. The molecule has 0 saturated heterocycles. The van der Waals surface area contributed by atoms with Gasteiger partial charge < -0.3 is 10.2 Å². The molecule has 0 radical (unpaired) electrons. The number of hydrogen-bond acceptors (Lipinski definition) is 2. The first-order chi connectivity index (χ1) is 7.57. The van der Waals surface area contributed by atoms with Crippen LogP contribution in [0.4, 0.5) is 0 Å². The Morgan fingerprint density at radius 2 is 1.94 bits per heavy atom. The largest absolute Gasteiger partial charge is 0.478 e. The highest BCUT2D eigenvalue weighted by atomic mass is 16.4. The molecular formula is C13H24O3. The van der Waals surface area contributed by atoms with Gasteiger partial charge in [0, 0.05) is 5.57 Å². The van der Waals surface area contributed by atoms with Gasteiger partial charge in [0.2, 0.25) is 0 Å². The normalized spacial score (nSPS) is 13.8. The second kappa shape index (κ2) is 9.40. The highest BCUT2D eigenvalue weighted by molar-refractivity contribution is 5.85. The van der Waals surface area contributed by atoms with E-state index in [4.69, 9.17) is 5.11 Å². The Balaban J connectivity index is 3.40. The summed E-state index contributed by atoms with van der Waals surface area (Å²) < 4.78 is 0. The zero-order valence-electron chi connectivity index (χ0n) is 10.4. The van der Waals surface area contributed by atoms with E-state index < -0.39 is 5.97 Å². The van der Waals surface area contributed by atoms with E-state index in [0.717, 1.165) is 44.9 Å². The first kappa shape index (κ1) is 15.2. The fourth-order valence-electron chi connectivity index (χ4n) is 1.58. The van der Waals surface area contributed by atoms with Crippen molar-refractivity contribution in [2.24, 2.45) is 0 Å². The van der Waals surface area contributed by atoms with Crippen LogP contribution < -0.4 is 0 Å². The molecule has 0 fully saturated rings. The summed E-state index contributed by atoms with van der Waals surface area (Å²) in [4.78, 5) is 10.5. The van der Waals surface area contributed by atoms with Gasteiger partial charge in [-0.15, -0.1) is 0 Å². The minimum absolute atomic E-state index is 0.152. The van der Waals surface area contributed by atoms with Gasteiger partial charge in [-0.3, -0.25) is 0 Å². The third kappa shape index (κ3) is 8.48. The Morgan fingerprint density at radius 1 is 1.25 bits per heavy atom. The number of hydrogen-bond donors (Lipinski definition) is 2. The van der Waals surface area contributed by atoms with Crippen LogP contribution in [-0.2, 0) is 4.79 Å². The van der Waals surface area contributed by atoms with Crippen molar-refractivity contribution >= 4 is 5.97 Å². The van der Waals surface area contributed by atoms with Crippen molar-refractivity contribution in [2.45, 2.75) is 64.9 Å². The van der Waals surface area contributed by atoms with Crippen molar-refractivity contribution < 1.29 is 15.0 Å². The molecule has 0 saturated carbocycles. The van der Waals surface area contributed by atoms with Crippen molar-refractivity contribution in [3.63, 3.8) is 0 Å². The van der Waals surface area contributed by atoms with E-state index in [1.54, 1.807) is 13.0 Å². The quantitative estimate of drug-likeness (QED) is 0.471. The molecule has 2 N–H and O–H groups in total. The van der Waals surface area contributed by atoms with Crippen molar-refractivity contribution in [3.05, 3.63) is 11.6 Å². The predicted molar refractivity (Wildman–Crippen MR) is 65.4 cm³/mol. The molecule has 0 heterocycles. The maximum atomic E-state index is 10.5. The van der Waals surface area contributed by atoms with Gasteiger partial charge in [0.25, 0.3) is 0 Å². The van der Waals surface area contributed by atoms with Crippen molar-refractivity contribution in [3.8, 4) is 0 Å². The Kier molecular flexibility index (Phi) is 8.91. The van der Waals surface area contributed by atoms with Gasteiger partial charge >= 0.3 is 5.97 Å². The SMILES string of the molecule is CCCC(O)CCCCCC=C(C)C(=O)O. The van der Waals surface area contributed by atoms with Crippen LogP contribution in [0.15, 0.2) is 11.6 Å². The molecule has 3 heteroatoms.